The number of fused-ring (bicyclic) bond motifs is 5. The molecule has 4 amide bonds. The highest BCUT2D eigenvalue weighted by molar-refractivity contribution is 5.95. The summed E-state index contributed by atoms with van der Waals surface area (Å²) >= 11 is 0. The van der Waals surface area contributed by atoms with Crippen molar-refractivity contribution in [1.82, 2.24) is 25.5 Å². The number of primary amides is 1. The highest BCUT2D eigenvalue weighted by atomic mass is 19.1. The second-order valence-electron chi connectivity index (χ2n) is 13.7. The van der Waals surface area contributed by atoms with Crippen molar-refractivity contribution in [1.29, 1.82) is 0 Å². The number of urea groups is 1. The molecule has 4 atom stereocenters. The first kappa shape index (κ1) is 35.0. The van der Waals surface area contributed by atoms with Crippen LogP contribution in [-0.2, 0) is 44.3 Å². The molecule has 6 rings (SSSR count). The van der Waals surface area contributed by atoms with Crippen molar-refractivity contribution in [2.24, 2.45) is 17.4 Å². The average Bonchev–Trinajstić information content (AvgIpc) is 3.45. The molecule has 0 spiro atoms. The van der Waals surface area contributed by atoms with E-state index in [0.717, 1.165) is 5.56 Å². The fourth-order valence-electron chi connectivity index (χ4n) is 7.33. The van der Waals surface area contributed by atoms with Gasteiger partial charge in [0.2, 0.25) is 11.8 Å². The number of aryl methyl sites for hydroxylation is 1. The van der Waals surface area contributed by atoms with Crippen molar-refractivity contribution >= 4 is 34.7 Å². The Morgan fingerprint density at radius 3 is 2.60 bits per heavy atom. The lowest BCUT2D eigenvalue weighted by Gasteiger charge is -2.31. The van der Waals surface area contributed by atoms with E-state index in [-0.39, 0.29) is 49.6 Å². The molecule has 1 aliphatic carbocycles. The lowest BCUT2D eigenvalue weighted by atomic mass is 9.81. The van der Waals surface area contributed by atoms with Gasteiger partial charge in [-0.3, -0.25) is 14.4 Å². The second-order valence-corrected chi connectivity index (χ2v) is 13.7. The number of hydrogen-bond donors (Lipinski definition) is 6. The van der Waals surface area contributed by atoms with Gasteiger partial charge in [0, 0.05) is 29.1 Å². The summed E-state index contributed by atoms with van der Waals surface area (Å²) in [5, 5.41) is 20.4. The minimum atomic E-state index is -2.02. The average molecular weight is 692 g/mol. The van der Waals surface area contributed by atoms with Gasteiger partial charge < -0.3 is 41.8 Å². The predicted molar refractivity (Wildman–Crippen MR) is 180 cm³/mol. The third-order valence-corrected chi connectivity index (χ3v) is 10.3. The number of cyclic esters (lactones) is 1. The van der Waals surface area contributed by atoms with Crippen LogP contribution in [0.3, 0.4) is 0 Å². The van der Waals surface area contributed by atoms with Crippen LogP contribution in [0.15, 0.2) is 16.9 Å². The molecule has 4 heterocycles. The van der Waals surface area contributed by atoms with Gasteiger partial charge in [-0.2, -0.15) is 0 Å². The van der Waals surface area contributed by atoms with Gasteiger partial charge in [-0.05, 0) is 67.7 Å². The SMILES string of the molecule is CC[C@@]1(O)C(=O)OCc2c1cc1n(c2=O)Cc2c-1nc1cc(F)c(C)c3c1c2[C@@H](NC(=O)[C@@H](CCCNC(N)=O)NC(=O)[C@@H](N)C(C)C)CC3. The number of amides is 4. The zero-order chi connectivity index (χ0) is 36.2. The van der Waals surface area contributed by atoms with Crippen LogP contribution in [0.1, 0.15) is 85.9 Å². The maximum atomic E-state index is 15.3. The van der Waals surface area contributed by atoms with Crippen molar-refractivity contribution < 1.29 is 33.4 Å². The summed E-state index contributed by atoms with van der Waals surface area (Å²) in [5.74, 6) is -2.45. The molecule has 0 radical (unpaired) electrons. The summed E-state index contributed by atoms with van der Waals surface area (Å²) in [6.07, 6.45) is 1.31. The molecule has 8 N–H and O–H groups in total. The van der Waals surface area contributed by atoms with E-state index in [4.69, 9.17) is 21.2 Å². The third kappa shape index (κ3) is 5.77. The van der Waals surface area contributed by atoms with Gasteiger partial charge in [0.25, 0.3) is 5.56 Å². The summed E-state index contributed by atoms with van der Waals surface area (Å²) in [6.45, 7) is 6.88. The number of benzene rings is 1. The van der Waals surface area contributed by atoms with Crippen LogP contribution in [0.25, 0.3) is 22.3 Å². The molecular weight excluding hydrogens is 649 g/mol. The Morgan fingerprint density at radius 1 is 1.18 bits per heavy atom. The molecule has 50 heavy (non-hydrogen) atoms. The number of rotatable bonds is 10. The summed E-state index contributed by atoms with van der Waals surface area (Å²) < 4.78 is 22.0. The quantitative estimate of drug-likeness (QED) is 0.105. The van der Waals surface area contributed by atoms with Crippen molar-refractivity contribution in [3.8, 4) is 11.4 Å². The van der Waals surface area contributed by atoms with Gasteiger partial charge in [0.1, 0.15) is 18.5 Å². The Labute approximate surface area is 287 Å². The van der Waals surface area contributed by atoms with Gasteiger partial charge in [-0.15, -0.1) is 0 Å². The summed E-state index contributed by atoms with van der Waals surface area (Å²) in [5.41, 5.74) is 12.8. The summed E-state index contributed by atoms with van der Waals surface area (Å²) in [6, 6.07) is -0.255. The molecular formula is C35H42FN7O7. The molecule has 0 fully saturated rings. The van der Waals surface area contributed by atoms with Gasteiger partial charge in [-0.1, -0.05) is 20.8 Å². The number of nitrogens with one attached hydrogen (secondary N) is 3. The normalized spacial score (nSPS) is 20.0. The first-order valence-electron chi connectivity index (χ1n) is 16.9. The molecule has 1 aromatic carbocycles. The number of aromatic nitrogens is 2. The number of pyridine rings is 2. The lowest BCUT2D eigenvalue weighted by molar-refractivity contribution is -0.172. The fourth-order valence-corrected chi connectivity index (χ4v) is 7.33. The van der Waals surface area contributed by atoms with E-state index in [1.165, 1.54) is 10.6 Å². The molecule has 3 aromatic rings. The van der Waals surface area contributed by atoms with Crippen LogP contribution < -0.4 is 33.0 Å². The first-order valence-corrected chi connectivity index (χ1v) is 16.9. The first-order chi connectivity index (χ1) is 23.7. The Kier molecular flexibility index (Phi) is 9.16. The van der Waals surface area contributed by atoms with E-state index in [1.807, 2.05) is 0 Å². The minimum absolute atomic E-state index is 0.0225. The number of aliphatic hydroxyl groups is 1. The van der Waals surface area contributed by atoms with Crippen LogP contribution in [-0.4, -0.2) is 57.1 Å². The van der Waals surface area contributed by atoms with Crippen LogP contribution in [0.2, 0.25) is 0 Å². The molecule has 3 aliphatic rings. The number of carbonyl (C=O) groups is 4. The van der Waals surface area contributed by atoms with Crippen molar-refractivity contribution in [2.75, 3.05) is 6.54 Å². The van der Waals surface area contributed by atoms with Crippen LogP contribution in [0.5, 0.6) is 0 Å². The molecule has 0 saturated heterocycles. The van der Waals surface area contributed by atoms with Crippen molar-refractivity contribution in [2.45, 2.75) is 96.7 Å². The van der Waals surface area contributed by atoms with E-state index >= 15 is 4.39 Å². The van der Waals surface area contributed by atoms with E-state index in [2.05, 4.69) is 16.0 Å². The number of nitrogens with zero attached hydrogens (tertiary/aromatic N) is 2. The largest absolute Gasteiger partial charge is 0.458 e. The van der Waals surface area contributed by atoms with Crippen molar-refractivity contribution in [3.05, 3.63) is 61.7 Å². The molecule has 266 valence electrons. The highest BCUT2D eigenvalue weighted by Crippen LogP contribution is 2.46. The van der Waals surface area contributed by atoms with E-state index < -0.39 is 58.9 Å². The van der Waals surface area contributed by atoms with Crippen LogP contribution >= 0.6 is 0 Å². The molecule has 0 saturated carbocycles. The van der Waals surface area contributed by atoms with Crippen molar-refractivity contribution in [3.63, 3.8) is 0 Å². The number of halogens is 1. The topological polar surface area (TPSA) is 221 Å². The predicted octanol–water partition coefficient (Wildman–Crippen LogP) is 1.55. The molecule has 2 aromatic heterocycles. The molecule has 0 unspecified atom stereocenters. The smallest absolute Gasteiger partial charge is 0.343 e. The molecule has 0 bridgehead atoms. The number of ether oxygens (including phenoxy) is 1. The minimum Gasteiger partial charge on any atom is -0.458 e. The Hall–Kier alpha value is -4.89. The fraction of sp³-hybridized carbons (Fsp3) is 0.486. The van der Waals surface area contributed by atoms with Gasteiger partial charge in [-0.25, -0.2) is 19.0 Å². The zero-order valence-electron chi connectivity index (χ0n) is 28.4. The molecule has 15 heteroatoms. The Balaban J connectivity index is 1.44. The lowest BCUT2D eigenvalue weighted by Crippen LogP contribution is -2.53. The van der Waals surface area contributed by atoms with Crippen LogP contribution in [0.4, 0.5) is 9.18 Å². The molecule has 14 nitrogen and oxygen atoms in total. The maximum Gasteiger partial charge on any atom is 0.343 e. The monoisotopic (exact) mass is 691 g/mol. The van der Waals surface area contributed by atoms with Gasteiger partial charge in [0.05, 0.1) is 41.1 Å². The number of esters is 1. The highest BCUT2D eigenvalue weighted by Gasteiger charge is 2.46. The van der Waals surface area contributed by atoms with Gasteiger partial charge >= 0.3 is 12.0 Å². The van der Waals surface area contributed by atoms with Crippen LogP contribution in [0, 0.1) is 18.7 Å². The van der Waals surface area contributed by atoms with Gasteiger partial charge in [0.15, 0.2) is 5.60 Å². The Morgan fingerprint density at radius 2 is 1.92 bits per heavy atom. The standard InChI is InChI=1S/C35H42FN7O7/c1-5-35(49)20-11-25-29-18(13-43(25)32(46)19(20)14-50-33(35)47)27-22(9-8-17-16(4)21(36)12-24(40-29)26(17)27)41-30(44)23(7-6-10-39-34(38)48)42-31(45)28(37)15(2)3/h11-12,15,22-23,28,49H,5-10,13-14,37H2,1-4H3,(H,41,44)(H,42,45)(H3,38,39,48)/t22-,23+,28-,35-/m0/s1. The van der Waals surface area contributed by atoms with E-state index in [1.54, 1.807) is 33.8 Å². The summed E-state index contributed by atoms with van der Waals surface area (Å²) in [4.78, 5) is 69.7. The second kappa shape index (κ2) is 13.1. The number of carbonyl (C=O) groups excluding carboxylic acids is 4. The number of hydrogen-bond acceptors (Lipinski definition) is 9. The summed E-state index contributed by atoms with van der Waals surface area (Å²) in [7, 11) is 0. The third-order valence-electron chi connectivity index (χ3n) is 10.3. The maximum absolute atomic E-state index is 15.3. The number of nitrogens with two attached hydrogens (primary N) is 2. The van der Waals surface area contributed by atoms with E-state index in [9.17, 15) is 29.1 Å². The Bertz CT molecular complexity index is 2010. The molecule has 2 aliphatic heterocycles. The zero-order valence-corrected chi connectivity index (χ0v) is 28.4. The van der Waals surface area contributed by atoms with E-state index in [0.29, 0.717) is 58.2 Å².